The summed E-state index contributed by atoms with van der Waals surface area (Å²) in [5.41, 5.74) is 5.01. The van der Waals surface area contributed by atoms with Crippen LogP contribution in [0.3, 0.4) is 0 Å². The van der Waals surface area contributed by atoms with Gasteiger partial charge in [-0.2, -0.15) is 5.10 Å². The summed E-state index contributed by atoms with van der Waals surface area (Å²) in [5.74, 6) is 0.835. The molecule has 3 nitrogen and oxygen atoms in total. The molecular formula is C10H11BrClN3S. The first-order valence-corrected chi connectivity index (χ1v) is 5.84. The van der Waals surface area contributed by atoms with Gasteiger partial charge in [0.05, 0.1) is 5.71 Å². The molecule has 0 fully saturated rings. The minimum atomic E-state index is 0. The monoisotopic (exact) mass is 319 g/mol. The lowest BCUT2D eigenvalue weighted by atomic mass is 10.1. The smallest absolute Gasteiger partial charge is 0.177 e. The molecule has 0 atom stereocenters. The predicted molar refractivity (Wildman–Crippen MR) is 77.3 cm³/mol. The van der Waals surface area contributed by atoms with E-state index in [9.17, 15) is 0 Å². The van der Waals surface area contributed by atoms with Crippen molar-refractivity contribution < 1.29 is 0 Å². The van der Waals surface area contributed by atoms with Gasteiger partial charge in [-0.15, -0.1) is 17.0 Å². The number of halogens is 2. The highest BCUT2D eigenvalue weighted by atomic mass is 79.9. The zero-order valence-corrected chi connectivity index (χ0v) is 11.9. The van der Waals surface area contributed by atoms with E-state index in [2.05, 4.69) is 15.5 Å². The van der Waals surface area contributed by atoms with Crippen LogP contribution in [-0.2, 0) is 0 Å². The van der Waals surface area contributed by atoms with Crippen LogP contribution in [0.25, 0.3) is 0 Å². The van der Waals surface area contributed by atoms with E-state index in [1.54, 1.807) is 18.8 Å². The summed E-state index contributed by atoms with van der Waals surface area (Å²) >= 11 is 7.46. The second-order valence-corrected chi connectivity index (χ2v) is 4.40. The van der Waals surface area contributed by atoms with Crippen molar-refractivity contribution in [3.8, 4) is 0 Å². The number of nitrogens with zero attached hydrogens (tertiary/aromatic N) is 2. The molecular weight excluding hydrogens is 310 g/mol. The van der Waals surface area contributed by atoms with Crippen molar-refractivity contribution in [2.45, 2.75) is 0 Å². The highest BCUT2D eigenvalue weighted by molar-refractivity contribution is 8.93. The van der Waals surface area contributed by atoms with Gasteiger partial charge in [-0.3, -0.25) is 10.4 Å². The van der Waals surface area contributed by atoms with Crippen molar-refractivity contribution in [1.29, 1.82) is 0 Å². The molecule has 1 aliphatic heterocycles. The van der Waals surface area contributed by atoms with Gasteiger partial charge in [-0.25, -0.2) is 0 Å². The molecule has 0 radical (unpaired) electrons. The van der Waals surface area contributed by atoms with Gasteiger partial charge in [-0.05, 0) is 17.7 Å². The number of hydrogen-bond acceptors (Lipinski definition) is 3. The van der Waals surface area contributed by atoms with Crippen LogP contribution in [0.1, 0.15) is 5.56 Å². The van der Waals surface area contributed by atoms with Gasteiger partial charge in [0.25, 0.3) is 0 Å². The Morgan fingerprint density at radius 1 is 1.38 bits per heavy atom. The van der Waals surface area contributed by atoms with Crippen molar-refractivity contribution in [3.63, 3.8) is 0 Å². The number of nitrogens with one attached hydrogen (secondary N) is 1. The second-order valence-electron chi connectivity index (χ2n) is 2.99. The number of aliphatic imine (C=N–C) groups is 1. The molecule has 0 spiro atoms. The van der Waals surface area contributed by atoms with E-state index in [1.165, 1.54) is 0 Å². The first-order chi connectivity index (χ1) is 7.29. The van der Waals surface area contributed by atoms with E-state index in [0.29, 0.717) is 0 Å². The van der Waals surface area contributed by atoms with Crippen molar-refractivity contribution in [2.75, 3.05) is 12.8 Å². The van der Waals surface area contributed by atoms with E-state index >= 15 is 0 Å². The Balaban J connectivity index is 0.00000128. The maximum absolute atomic E-state index is 5.82. The van der Waals surface area contributed by atoms with Crippen LogP contribution in [0.5, 0.6) is 0 Å². The number of hydrazone groups is 1. The summed E-state index contributed by atoms with van der Waals surface area (Å²) in [6.07, 6.45) is 0. The van der Waals surface area contributed by atoms with E-state index < -0.39 is 0 Å². The van der Waals surface area contributed by atoms with Gasteiger partial charge in [-0.1, -0.05) is 35.5 Å². The first kappa shape index (κ1) is 13.5. The van der Waals surface area contributed by atoms with Gasteiger partial charge in [0.1, 0.15) is 0 Å². The lowest BCUT2D eigenvalue weighted by molar-refractivity contribution is 1.03. The zero-order valence-electron chi connectivity index (χ0n) is 8.61. The lowest BCUT2D eigenvalue weighted by Crippen LogP contribution is -2.25. The van der Waals surface area contributed by atoms with E-state index in [1.807, 2.05) is 24.3 Å². The molecule has 1 aromatic rings. The van der Waals surface area contributed by atoms with Gasteiger partial charge in [0.2, 0.25) is 0 Å². The summed E-state index contributed by atoms with van der Waals surface area (Å²) in [6, 6.07) is 7.68. The molecule has 1 aromatic carbocycles. The molecule has 2 rings (SSSR count). The summed E-state index contributed by atoms with van der Waals surface area (Å²) in [5, 5.41) is 5.85. The van der Waals surface area contributed by atoms with Crippen molar-refractivity contribution in [3.05, 3.63) is 34.9 Å². The Morgan fingerprint density at radius 3 is 2.56 bits per heavy atom. The van der Waals surface area contributed by atoms with Crippen LogP contribution in [0.4, 0.5) is 0 Å². The first-order valence-electron chi connectivity index (χ1n) is 4.47. The fourth-order valence-corrected chi connectivity index (χ4v) is 2.09. The molecule has 1 aliphatic rings. The van der Waals surface area contributed by atoms with E-state index in [0.717, 1.165) is 27.2 Å². The maximum atomic E-state index is 5.82. The average molecular weight is 321 g/mol. The molecule has 86 valence electrons. The van der Waals surface area contributed by atoms with Crippen LogP contribution in [0, 0.1) is 0 Å². The van der Waals surface area contributed by atoms with Gasteiger partial charge < -0.3 is 0 Å². The SMILES string of the molecule is Br.CN=C1NN=C(c2ccc(Cl)cc2)CS1. The highest BCUT2D eigenvalue weighted by Crippen LogP contribution is 2.15. The van der Waals surface area contributed by atoms with Crippen LogP contribution >= 0.6 is 40.3 Å². The molecule has 16 heavy (non-hydrogen) atoms. The predicted octanol–water partition coefficient (Wildman–Crippen LogP) is 2.94. The number of thioether (sulfide) groups is 1. The van der Waals surface area contributed by atoms with Crippen LogP contribution in [0.2, 0.25) is 5.02 Å². The summed E-state index contributed by atoms with van der Waals surface area (Å²) in [6.45, 7) is 0. The molecule has 0 aliphatic carbocycles. The van der Waals surface area contributed by atoms with Gasteiger partial charge in [0, 0.05) is 17.8 Å². The third kappa shape index (κ3) is 3.23. The molecule has 0 amide bonds. The minimum absolute atomic E-state index is 0. The normalized spacial score (nSPS) is 17.4. The third-order valence-corrected chi connectivity index (χ3v) is 3.23. The Bertz CT molecular complexity index is 417. The van der Waals surface area contributed by atoms with E-state index in [-0.39, 0.29) is 17.0 Å². The molecule has 0 saturated carbocycles. The average Bonchev–Trinajstić information content (AvgIpc) is 2.30. The largest absolute Gasteiger partial charge is 0.265 e. The standard InChI is InChI=1S/C10H10ClN3S.BrH/c1-12-10-14-13-9(6-15-10)7-2-4-8(11)5-3-7;/h2-5H,6H2,1H3,(H,12,14);1H. The van der Waals surface area contributed by atoms with E-state index in [4.69, 9.17) is 11.6 Å². The fraction of sp³-hybridized carbons (Fsp3) is 0.200. The lowest BCUT2D eigenvalue weighted by Gasteiger charge is -2.14. The Hall–Kier alpha value is -0.520. The van der Waals surface area contributed by atoms with Crippen molar-refractivity contribution >= 4 is 51.2 Å². The van der Waals surface area contributed by atoms with Gasteiger partial charge >= 0.3 is 0 Å². The maximum Gasteiger partial charge on any atom is 0.177 e. The quantitative estimate of drug-likeness (QED) is 0.864. The fourth-order valence-electron chi connectivity index (χ4n) is 1.22. The molecule has 0 saturated heterocycles. The Kier molecular flexibility index (Phi) is 5.31. The summed E-state index contributed by atoms with van der Waals surface area (Å²) < 4.78 is 0. The number of rotatable bonds is 1. The minimum Gasteiger partial charge on any atom is -0.265 e. The van der Waals surface area contributed by atoms with Crippen LogP contribution < -0.4 is 5.43 Å². The number of hydrogen-bond donors (Lipinski definition) is 1. The third-order valence-electron chi connectivity index (χ3n) is 2.01. The Morgan fingerprint density at radius 2 is 2.06 bits per heavy atom. The Labute approximate surface area is 114 Å². The molecule has 6 heteroatoms. The molecule has 1 N–H and O–H groups in total. The topological polar surface area (TPSA) is 36.8 Å². The summed E-state index contributed by atoms with van der Waals surface area (Å²) in [4.78, 5) is 4.03. The van der Waals surface area contributed by atoms with Crippen LogP contribution in [-0.4, -0.2) is 23.7 Å². The summed E-state index contributed by atoms with van der Waals surface area (Å²) in [7, 11) is 1.75. The number of benzene rings is 1. The zero-order chi connectivity index (χ0) is 10.7. The van der Waals surface area contributed by atoms with Crippen molar-refractivity contribution in [1.82, 2.24) is 5.43 Å². The molecule has 0 bridgehead atoms. The highest BCUT2D eigenvalue weighted by Gasteiger charge is 2.11. The van der Waals surface area contributed by atoms with Crippen molar-refractivity contribution in [2.24, 2.45) is 10.1 Å². The van der Waals surface area contributed by atoms with Crippen LogP contribution in [0.15, 0.2) is 34.4 Å². The molecule has 1 heterocycles. The number of amidine groups is 1. The molecule has 0 aromatic heterocycles. The second kappa shape index (κ2) is 6.27. The molecule has 0 unspecified atom stereocenters. The van der Waals surface area contributed by atoms with Gasteiger partial charge in [0.15, 0.2) is 5.17 Å².